The fourth-order valence-electron chi connectivity index (χ4n) is 2.96. The van der Waals surface area contributed by atoms with E-state index in [1.54, 1.807) is 7.11 Å². The summed E-state index contributed by atoms with van der Waals surface area (Å²) >= 11 is 0. The lowest BCUT2D eigenvalue weighted by atomic mass is 10.0. The lowest BCUT2D eigenvalue weighted by Crippen LogP contribution is -2.53. The van der Waals surface area contributed by atoms with E-state index in [2.05, 4.69) is 0 Å². The van der Waals surface area contributed by atoms with Crippen LogP contribution in [0.25, 0.3) is 0 Å². The summed E-state index contributed by atoms with van der Waals surface area (Å²) in [6.07, 6.45) is -3.29. The lowest BCUT2D eigenvalue weighted by Gasteiger charge is -2.33. The maximum atomic E-state index is 11.5. The van der Waals surface area contributed by atoms with E-state index in [0.29, 0.717) is 6.61 Å². The molecule has 0 amide bonds. The molecule has 1 aromatic carbocycles. The summed E-state index contributed by atoms with van der Waals surface area (Å²) in [5.74, 6) is 0.750. The van der Waals surface area contributed by atoms with E-state index >= 15 is 0 Å². The monoisotopic (exact) mass is 344 g/mol. The van der Waals surface area contributed by atoms with Gasteiger partial charge in [-0.15, -0.1) is 0 Å². The van der Waals surface area contributed by atoms with Crippen molar-refractivity contribution in [2.24, 2.45) is 0 Å². The molecule has 0 saturated carbocycles. The van der Waals surface area contributed by atoms with Gasteiger partial charge in [0.05, 0.1) is 20.3 Å². The van der Waals surface area contributed by atoms with E-state index in [0.717, 1.165) is 11.3 Å². The molecule has 3 saturated heterocycles. The number of rotatable bonds is 4. The molecule has 3 aliphatic rings. The van der Waals surface area contributed by atoms with E-state index in [1.165, 1.54) is 0 Å². The molecule has 0 unspecified atom stereocenters. The Labute approximate surface area is 133 Å². The molecular formula is C14H16O8S. The van der Waals surface area contributed by atoms with E-state index in [-0.39, 0.29) is 12.7 Å². The maximum Gasteiger partial charge on any atom is 0.400 e. The first-order valence-corrected chi connectivity index (χ1v) is 8.52. The van der Waals surface area contributed by atoms with Gasteiger partial charge in [0.1, 0.15) is 24.1 Å². The molecule has 4 rings (SSSR count). The van der Waals surface area contributed by atoms with Crippen LogP contribution in [0.3, 0.4) is 0 Å². The average Bonchev–Trinajstić information content (AvgIpc) is 3.10. The molecule has 8 nitrogen and oxygen atoms in total. The van der Waals surface area contributed by atoms with Gasteiger partial charge in [-0.25, -0.2) is 8.37 Å². The molecule has 0 aromatic heterocycles. The second-order valence-electron chi connectivity index (χ2n) is 5.53. The largest absolute Gasteiger partial charge is 0.497 e. The third kappa shape index (κ3) is 2.84. The summed E-state index contributed by atoms with van der Waals surface area (Å²) in [5, 5.41) is 0. The normalized spacial score (nSPS) is 37.5. The standard InChI is InChI=1S/C14H16O8S/c1-17-9-4-2-8(3-5-9)6-18-11-10-7-19-14(20-10)13-12(11)21-23(15,16)22-13/h2-5,10-14H,6-7H2,1H3/t10-,11+,12-,13-,14-/m1/s1. The summed E-state index contributed by atoms with van der Waals surface area (Å²) in [7, 11) is -2.44. The van der Waals surface area contributed by atoms with Crippen LogP contribution in [-0.4, -0.2) is 52.8 Å². The molecule has 23 heavy (non-hydrogen) atoms. The molecule has 1 aromatic rings. The van der Waals surface area contributed by atoms with Crippen LogP contribution in [0.15, 0.2) is 24.3 Å². The fraction of sp³-hybridized carbons (Fsp3) is 0.571. The van der Waals surface area contributed by atoms with Crippen LogP contribution < -0.4 is 4.74 Å². The zero-order valence-corrected chi connectivity index (χ0v) is 13.1. The molecule has 5 atom stereocenters. The van der Waals surface area contributed by atoms with Gasteiger partial charge in [0.25, 0.3) is 0 Å². The van der Waals surface area contributed by atoms with Crippen LogP contribution in [0.2, 0.25) is 0 Å². The second-order valence-corrected chi connectivity index (χ2v) is 6.73. The highest BCUT2D eigenvalue weighted by Gasteiger charge is 2.59. The van der Waals surface area contributed by atoms with Crippen LogP contribution >= 0.6 is 0 Å². The van der Waals surface area contributed by atoms with Crippen LogP contribution in [0, 0.1) is 0 Å². The predicted octanol–water partition coefficient (Wildman–Crippen LogP) is 0.364. The fourth-order valence-corrected chi connectivity index (χ4v) is 3.97. The van der Waals surface area contributed by atoms with Gasteiger partial charge in [0.2, 0.25) is 0 Å². The van der Waals surface area contributed by atoms with Gasteiger partial charge in [0.15, 0.2) is 12.4 Å². The minimum absolute atomic E-state index is 0.284. The highest BCUT2D eigenvalue weighted by Crippen LogP contribution is 2.39. The summed E-state index contributed by atoms with van der Waals surface area (Å²) in [4.78, 5) is 0. The van der Waals surface area contributed by atoms with Crippen LogP contribution in [0.1, 0.15) is 5.56 Å². The summed E-state index contributed by atoms with van der Waals surface area (Å²) in [5.41, 5.74) is 0.921. The van der Waals surface area contributed by atoms with Crippen molar-refractivity contribution in [3.63, 3.8) is 0 Å². The van der Waals surface area contributed by atoms with Crippen LogP contribution in [0.5, 0.6) is 5.75 Å². The Kier molecular flexibility index (Phi) is 3.79. The Morgan fingerprint density at radius 2 is 1.91 bits per heavy atom. The Hall–Kier alpha value is -1.23. The van der Waals surface area contributed by atoms with Crippen molar-refractivity contribution in [1.82, 2.24) is 0 Å². The Morgan fingerprint density at radius 3 is 2.65 bits per heavy atom. The smallest absolute Gasteiger partial charge is 0.400 e. The van der Waals surface area contributed by atoms with Crippen LogP contribution in [-0.2, 0) is 39.6 Å². The average molecular weight is 344 g/mol. The summed E-state index contributed by atoms with van der Waals surface area (Å²) in [6.45, 7) is 0.601. The maximum absolute atomic E-state index is 11.5. The molecule has 3 fully saturated rings. The van der Waals surface area contributed by atoms with Crippen molar-refractivity contribution in [3.8, 4) is 5.75 Å². The molecule has 3 heterocycles. The first-order chi connectivity index (χ1) is 11.1. The van der Waals surface area contributed by atoms with Crippen molar-refractivity contribution in [1.29, 1.82) is 0 Å². The first kappa shape index (κ1) is 15.3. The lowest BCUT2D eigenvalue weighted by molar-refractivity contribution is -0.207. The predicted molar refractivity (Wildman–Crippen MR) is 74.8 cm³/mol. The summed E-state index contributed by atoms with van der Waals surface area (Å²) < 4.78 is 55.0. The van der Waals surface area contributed by atoms with Crippen molar-refractivity contribution >= 4 is 10.4 Å². The van der Waals surface area contributed by atoms with E-state index in [9.17, 15) is 8.42 Å². The zero-order valence-electron chi connectivity index (χ0n) is 12.3. The number of methoxy groups -OCH3 is 1. The molecule has 0 spiro atoms. The highest BCUT2D eigenvalue weighted by molar-refractivity contribution is 7.82. The van der Waals surface area contributed by atoms with Gasteiger partial charge in [-0.2, -0.15) is 8.42 Å². The van der Waals surface area contributed by atoms with Gasteiger partial charge in [0, 0.05) is 0 Å². The Morgan fingerprint density at radius 1 is 1.17 bits per heavy atom. The molecule has 2 bridgehead atoms. The minimum Gasteiger partial charge on any atom is -0.497 e. The minimum atomic E-state index is -4.03. The van der Waals surface area contributed by atoms with Gasteiger partial charge >= 0.3 is 10.4 Å². The molecular weight excluding hydrogens is 328 g/mol. The third-order valence-corrected chi connectivity index (χ3v) is 4.99. The van der Waals surface area contributed by atoms with Crippen molar-refractivity contribution in [2.75, 3.05) is 13.7 Å². The van der Waals surface area contributed by atoms with E-state index in [4.69, 9.17) is 27.3 Å². The number of hydrogen-bond acceptors (Lipinski definition) is 8. The Balaban J connectivity index is 1.48. The number of hydrogen-bond donors (Lipinski definition) is 0. The van der Waals surface area contributed by atoms with E-state index < -0.39 is 35.0 Å². The molecule has 126 valence electrons. The zero-order chi connectivity index (χ0) is 16.0. The van der Waals surface area contributed by atoms with Gasteiger partial charge in [-0.1, -0.05) is 12.1 Å². The van der Waals surface area contributed by atoms with Crippen molar-refractivity contribution < 1.29 is 35.7 Å². The SMILES string of the molecule is COc1ccc(CO[C@@H]2[C@H]3OS(=O)(=O)O[C@H]3[C@@H]3OC[C@H]2O3)cc1. The molecule has 0 N–H and O–H groups in total. The third-order valence-electron chi connectivity index (χ3n) is 4.08. The van der Waals surface area contributed by atoms with Gasteiger partial charge in [-0.3, -0.25) is 0 Å². The van der Waals surface area contributed by atoms with Crippen LogP contribution in [0.4, 0.5) is 0 Å². The molecule has 3 aliphatic heterocycles. The van der Waals surface area contributed by atoms with Crippen molar-refractivity contribution in [3.05, 3.63) is 29.8 Å². The number of fused-ring (bicyclic) bond motifs is 4. The van der Waals surface area contributed by atoms with Gasteiger partial charge in [-0.05, 0) is 17.7 Å². The quantitative estimate of drug-likeness (QED) is 0.774. The molecule has 9 heteroatoms. The topological polar surface area (TPSA) is 89.5 Å². The first-order valence-electron chi connectivity index (χ1n) is 7.19. The number of ether oxygens (including phenoxy) is 4. The molecule has 0 aliphatic carbocycles. The second kappa shape index (κ2) is 5.69. The molecule has 0 radical (unpaired) electrons. The Bertz CT molecular complexity index is 673. The highest BCUT2D eigenvalue weighted by atomic mass is 32.3. The number of benzene rings is 1. The van der Waals surface area contributed by atoms with Gasteiger partial charge < -0.3 is 18.9 Å². The summed E-state index contributed by atoms with van der Waals surface area (Å²) in [6, 6.07) is 7.40. The van der Waals surface area contributed by atoms with E-state index in [1.807, 2.05) is 24.3 Å². The van der Waals surface area contributed by atoms with Crippen molar-refractivity contribution in [2.45, 2.75) is 37.3 Å².